The van der Waals surface area contributed by atoms with E-state index in [1.54, 1.807) is 13.1 Å². The molecule has 3 N–H and O–H groups in total. The lowest BCUT2D eigenvalue weighted by atomic mass is 9.88. The van der Waals surface area contributed by atoms with E-state index in [2.05, 4.69) is 31.9 Å². The van der Waals surface area contributed by atoms with Gasteiger partial charge in [-0.25, -0.2) is 0 Å². The minimum Gasteiger partial charge on any atom is -0.508 e. The van der Waals surface area contributed by atoms with Crippen LogP contribution in [0.15, 0.2) is 41.5 Å². The van der Waals surface area contributed by atoms with Crippen LogP contribution in [0.5, 0.6) is 5.75 Å². The monoisotopic (exact) mass is 364 g/mol. The van der Waals surface area contributed by atoms with E-state index >= 15 is 0 Å². The molecule has 0 unspecified atom stereocenters. The number of guanidine groups is 1. The number of aromatic hydroxyl groups is 1. The molecule has 7 heteroatoms. The molecule has 0 saturated heterocycles. The van der Waals surface area contributed by atoms with Crippen LogP contribution in [0.1, 0.15) is 35.4 Å². The maximum atomic E-state index is 10.3. The Labute approximate surface area is 158 Å². The topological polar surface area (TPSA) is 86.8 Å². The number of phenols is 1. The quantitative estimate of drug-likeness (QED) is 0.488. The summed E-state index contributed by atoms with van der Waals surface area (Å²) in [7, 11) is 1.73. The van der Waals surface area contributed by atoms with Crippen molar-refractivity contribution in [2.75, 3.05) is 7.05 Å². The fourth-order valence-corrected chi connectivity index (χ4v) is 3.66. The third-order valence-electron chi connectivity index (χ3n) is 5.08. The Bertz CT molecular complexity index is 978. The van der Waals surface area contributed by atoms with E-state index in [-0.39, 0.29) is 0 Å². The SMILES string of the molecule is CN=C(NCc1c(O)ccc2c1CCCC2)NCc1nnc2ccccn12. The van der Waals surface area contributed by atoms with E-state index in [0.29, 0.717) is 24.8 Å². The van der Waals surface area contributed by atoms with E-state index in [1.807, 2.05) is 28.8 Å². The first-order valence-corrected chi connectivity index (χ1v) is 9.32. The fraction of sp³-hybridized carbons (Fsp3) is 0.350. The van der Waals surface area contributed by atoms with Crippen molar-refractivity contribution in [1.29, 1.82) is 0 Å². The summed E-state index contributed by atoms with van der Waals surface area (Å²) >= 11 is 0. The van der Waals surface area contributed by atoms with Gasteiger partial charge in [0.25, 0.3) is 0 Å². The Morgan fingerprint density at radius 3 is 2.85 bits per heavy atom. The molecule has 0 amide bonds. The highest BCUT2D eigenvalue weighted by atomic mass is 16.3. The molecule has 1 aliphatic rings. The third kappa shape index (κ3) is 3.58. The molecule has 0 radical (unpaired) electrons. The molecule has 140 valence electrons. The van der Waals surface area contributed by atoms with Gasteiger partial charge in [-0.1, -0.05) is 12.1 Å². The highest BCUT2D eigenvalue weighted by Crippen LogP contribution is 2.30. The first kappa shape index (κ1) is 17.3. The summed E-state index contributed by atoms with van der Waals surface area (Å²) in [4.78, 5) is 4.28. The van der Waals surface area contributed by atoms with Gasteiger partial charge in [0.15, 0.2) is 17.4 Å². The van der Waals surface area contributed by atoms with Crippen molar-refractivity contribution in [3.8, 4) is 5.75 Å². The lowest BCUT2D eigenvalue weighted by molar-refractivity contribution is 0.464. The Balaban J connectivity index is 1.43. The number of aromatic nitrogens is 3. The molecule has 2 heterocycles. The zero-order valence-electron chi connectivity index (χ0n) is 15.4. The average molecular weight is 364 g/mol. The maximum Gasteiger partial charge on any atom is 0.191 e. The van der Waals surface area contributed by atoms with Crippen LogP contribution in [0.2, 0.25) is 0 Å². The molecule has 0 fully saturated rings. The summed E-state index contributed by atoms with van der Waals surface area (Å²) in [6.07, 6.45) is 6.46. The van der Waals surface area contributed by atoms with Crippen LogP contribution < -0.4 is 10.6 Å². The van der Waals surface area contributed by atoms with Crippen molar-refractivity contribution in [2.24, 2.45) is 4.99 Å². The van der Waals surface area contributed by atoms with Crippen LogP contribution in [-0.4, -0.2) is 32.7 Å². The van der Waals surface area contributed by atoms with Crippen LogP contribution in [0.4, 0.5) is 0 Å². The van der Waals surface area contributed by atoms with E-state index in [0.717, 1.165) is 29.9 Å². The zero-order valence-corrected chi connectivity index (χ0v) is 15.4. The highest BCUT2D eigenvalue weighted by Gasteiger charge is 2.16. The van der Waals surface area contributed by atoms with Crippen LogP contribution >= 0.6 is 0 Å². The van der Waals surface area contributed by atoms with Gasteiger partial charge in [0.1, 0.15) is 5.75 Å². The third-order valence-corrected chi connectivity index (χ3v) is 5.08. The lowest BCUT2D eigenvalue weighted by Gasteiger charge is -2.21. The van der Waals surface area contributed by atoms with Crippen LogP contribution in [0.3, 0.4) is 0 Å². The number of pyridine rings is 1. The fourth-order valence-electron chi connectivity index (χ4n) is 3.66. The first-order chi connectivity index (χ1) is 13.3. The van der Waals surface area contributed by atoms with Crippen LogP contribution in [-0.2, 0) is 25.9 Å². The summed E-state index contributed by atoms with van der Waals surface area (Å²) in [6.45, 7) is 1.04. The molecule has 0 saturated carbocycles. The van der Waals surface area contributed by atoms with Crippen LogP contribution in [0, 0.1) is 0 Å². The molecule has 3 aromatic rings. The number of fused-ring (bicyclic) bond motifs is 2. The van der Waals surface area contributed by atoms with Gasteiger partial charge < -0.3 is 15.7 Å². The van der Waals surface area contributed by atoms with Crippen molar-refractivity contribution in [3.63, 3.8) is 0 Å². The molecular formula is C20H24N6O. The molecule has 0 spiro atoms. The summed E-state index contributed by atoms with van der Waals surface area (Å²) < 4.78 is 1.94. The van der Waals surface area contributed by atoms with Crippen molar-refractivity contribution in [2.45, 2.75) is 38.8 Å². The number of nitrogens with zero attached hydrogens (tertiary/aromatic N) is 4. The Hall–Kier alpha value is -3.09. The maximum absolute atomic E-state index is 10.3. The molecule has 0 atom stereocenters. The normalized spacial score (nSPS) is 14.2. The van der Waals surface area contributed by atoms with Gasteiger partial charge in [0.2, 0.25) is 0 Å². The summed E-state index contributed by atoms with van der Waals surface area (Å²) in [5.74, 6) is 1.83. The predicted molar refractivity (Wildman–Crippen MR) is 105 cm³/mol. The molecule has 27 heavy (non-hydrogen) atoms. The number of benzene rings is 1. The zero-order chi connectivity index (χ0) is 18.6. The number of phenolic OH excluding ortho intramolecular Hbond substituents is 1. The minimum absolute atomic E-state index is 0.349. The summed E-state index contributed by atoms with van der Waals surface area (Å²) in [5, 5.41) is 25.3. The number of aliphatic imine (C=N–C) groups is 1. The number of aryl methyl sites for hydroxylation is 1. The van der Waals surface area contributed by atoms with Gasteiger partial charge in [0.05, 0.1) is 6.54 Å². The van der Waals surface area contributed by atoms with Gasteiger partial charge >= 0.3 is 0 Å². The van der Waals surface area contributed by atoms with Crippen molar-refractivity contribution in [3.05, 3.63) is 59.0 Å². The average Bonchev–Trinajstić information content (AvgIpc) is 3.12. The van der Waals surface area contributed by atoms with Crippen molar-refractivity contribution < 1.29 is 5.11 Å². The second kappa shape index (κ2) is 7.65. The standard InChI is InChI=1S/C20H24N6O/c1-21-20(23-13-19-25-24-18-8-4-5-11-26(18)19)22-12-16-15-7-3-2-6-14(15)9-10-17(16)27/h4-5,8-11,27H,2-3,6-7,12-13H2,1H3,(H2,21,22,23). The van der Waals surface area contributed by atoms with E-state index in [4.69, 9.17) is 0 Å². The number of hydrogen-bond donors (Lipinski definition) is 3. The molecule has 0 aliphatic heterocycles. The van der Waals surface area contributed by atoms with E-state index < -0.39 is 0 Å². The first-order valence-electron chi connectivity index (χ1n) is 9.32. The van der Waals surface area contributed by atoms with E-state index in [1.165, 1.54) is 24.0 Å². The lowest BCUT2D eigenvalue weighted by Crippen LogP contribution is -2.37. The van der Waals surface area contributed by atoms with Crippen LogP contribution in [0.25, 0.3) is 5.65 Å². The summed E-state index contributed by atoms with van der Waals surface area (Å²) in [5.41, 5.74) is 4.43. The second-order valence-electron chi connectivity index (χ2n) is 6.73. The van der Waals surface area contributed by atoms with Crippen molar-refractivity contribution in [1.82, 2.24) is 25.2 Å². The smallest absolute Gasteiger partial charge is 0.191 e. The van der Waals surface area contributed by atoms with Gasteiger partial charge in [-0.3, -0.25) is 9.39 Å². The summed E-state index contributed by atoms with van der Waals surface area (Å²) in [6, 6.07) is 9.67. The Morgan fingerprint density at radius 2 is 1.96 bits per heavy atom. The molecule has 1 aliphatic carbocycles. The minimum atomic E-state index is 0.349. The van der Waals surface area contributed by atoms with Gasteiger partial charge in [-0.2, -0.15) is 0 Å². The Kier molecular flexibility index (Phi) is 4.91. The Morgan fingerprint density at radius 1 is 1.11 bits per heavy atom. The second-order valence-corrected chi connectivity index (χ2v) is 6.73. The van der Waals surface area contributed by atoms with E-state index in [9.17, 15) is 5.11 Å². The number of rotatable bonds is 4. The largest absolute Gasteiger partial charge is 0.508 e. The van der Waals surface area contributed by atoms with Gasteiger partial charge in [-0.05, 0) is 55.0 Å². The molecule has 0 bridgehead atoms. The van der Waals surface area contributed by atoms with Gasteiger partial charge in [-0.15, -0.1) is 10.2 Å². The molecule has 1 aromatic carbocycles. The predicted octanol–water partition coefficient (Wildman–Crippen LogP) is 2.18. The molecular weight excluding hydrogens is 340 g/mol. The molecule has 7 nitrogen and oxygen atoms in total. The molecule has 2 aromatic heterocycles. The number of nitrogens with one attached hydrogen (secondary N) is 2. The highest BCUT2D eigenvalue weighted by molar-refractivity contribution is 5.79. The molecule has 4 rings (SSSR count). The van der Waals surface area contributed by atoms with Gasteiger partial charge in [0, 0.05) is 25.4 Å². The number of hydrogen-bond acceptors (Lipinski definition) is 4. The van der Waals surface area contributed by atoms with Crippen molar-refractivity contribution >= 4 is 11.6 Å².